The predicted octanol–water partition coefficient (Wildman–Crippen LogP) is 2.86. The molecule has 12 heteroatoms. The summed E-state index contributed by atoms with van der Waals surface area (Å²) < 4.78 is 11.0. The van der Waals surface area contributed by atoms with Crippen LogP contribution in [0.3, 0.4) is 0 Å². The van der Waals surface area contributed by atoms with E-state index in [-0.39, 0.29) is 30.0 Å². The minimum atomic E-state index is -0.686. The van der Waals surface area contributed by atoms with E-state index < -0.39 is 12.2 Å². The second kappa shape index (κ2) is 14.4. The first-order valence-corrected chi connectivity index (χ1v) is 14.4. The summed E-state index contributed by atoms with van der Waals surface area (Å²) in [5.41, 5.74) is 1.14. The summed E-state index contributed by atoms with van der Waals surface area (Å²) in [6.07, 6.45) is 3.73. The van der Waals surface area contributed by atoms with Gasteiger partial charge in [0, 0.05) is 56.1 Å². The molecule has 1 aromatic rings. The van der Waals surface area contributed by atoms with E-state index in [4.69, 9.17) is 19.7 Å². The number of ether oxygens (including phenoxy) is 2. The van der Waals surface area contributed by atoms with E-state index in [1.54, 1.807) is 34.2 Å². The van der Waals surface area contributed by atoms with E-state index in [2.05, 4.69) is 22.5 Å². The van der Waals surface area contributed by atoms with E-state index in [1.165, 1.54) is 0 Å². The predicted molar refractivity (Wildman–Crippen MR) is 149 cm³/mol. The summed E-state index contributed by atoms with van der Waals surface area (Å²) in [4.78, 5) is 46.4. The number of piperazine rings is 1. The third-order valence-corrected chi connectivity index (χ3v) is 7.58. The molecule has 1 aromatic carbocycles. The highest BCUT2D eigenvalue weighted by Crippen LogP contribution is 2.24. The van der Waals surface area contributed by atoms with Gasteiger partial charge in [-0.2, -0.15) is 0 Å². The van der Waals surface area contributed by atoms with Crippen molar-refractivity contribution in [3.8, 4) is 0 Å². The maximum atomic E-state index is 12.7. The molecular formula is C28H42N6O6. The maximum absolute atomic E-state index is 12.7. The number of unbranched alkanes of at least 4 members (excludes halogenated alkanes) is 1. The zero-order valence-corrected chi connectivity index (χ0v) is 23.5. The zero-order chi connectivity index (χ0) is 28.5. The maximum Gasteiger partial charge on any atom is 0.431 e. The van der Waals surface area contributed by atoms with Crippen LogP contribution in [0.2, 0.25) is 0 Å². The van der Waals surface area contributed by atoms with E-state index in [0.29, 0.717) is 50.5 Å². The number of nitrogens with one attached hydrogen (secondary N) is 3. The third-order valence-electron chi connectivity index (χ3n) is 7.58. The van der Waals surface area contributed by atoms with Crippen molar-refractivity contribution in [2.24, 2.45) is 0 Å². The van der Waals surface area contributed by atoms with Crippen molar-refractivity contribution in [1.29, 1.82) is 5.41 Å². The molecule has 3 aliphatic rings. The van der Waals surface area contributed by atoms with Gasteiger partial charge in [-0.25, -0.2) is 9.59 Å². The lowest BCUT2D eigenvalue weighted by Crippen LogP contribution is -2.54. The van der Waals surface area contributed by atoms with Crippen LogP contribution in [0.5, 0.6) is 0 Å². The van der Waals surface area contributed by atoms with Crippen molar-refractivity contribution in [3.63, 3.8) is 0 Å². The summed E-state index contributed by atoms with van der Waals surface area (Å²) in [5.74, 6) is -0.285. The van der Waals surface area contributed by atoms with Gasteiger partial charge >= 0.3 is 18.2 Å². The number of amidine groups is 1. The average molecular weight is 559 g/mol. The SMILES string of the molecule is CCCCOC(=O)CC1CNCCN1CC1CN(c2ccc(C(=N)NC(=O)ON3CCCCC3C)cc2)C(=O)O1. The number of rotatable bonds is 10. The highest BCUT2D eigenvalue weighted by atomic mass is 16.7. The number of benzene rings is 1. The van der Waals surface area contributed by atoms with Crippen LogP contribution in [0.15, 0.2) is 24.3 Å². The number of amides is 2. The lowest BCUT2D eigenvalue weighted by Gasteiger charge is -2.36. The summed E-state index contributed by atoms with van der Waals surface area (Å²) in [6, 6.07) is 6.96. The van der Waals surface area contributed by atoms with Gasteiger partial charge in [-0.15, -0.1) is 5.06 Å². The first-order chi connectivity index (χ1) is 19.3. The third kappa shape index (κ3) is 8.15. The molecule has 3 saturated heterocycles. The van der Waals surface area contributed by atoms with E-state index in [9.17, 15) is 14.4 Å². The molecule has 0 radical (unpaired) electrons. The van der Waals surface area contributed by atoms with Crippen LogP contribution in [-0.2, 0) is 19.1 Å². The summed E-state index contributed by atoms with van der Waals surface area (Å²) in [6.45, 7) is 8.34. The zero-order valence-electron chi connectivity index (χ0n) is 23.5. The number of cyclic esters (lactones) is 1. The van der Waals surface area contributed by atoms with Crippen LogP contribution >= 0.6 is 0 Å². The molecule has 3 unspecified atom stereocenters. The van der Waals surface area contributed by atoms with Crippen molar-refractivity contribution in [2.45, 2.75) is 70.6 Å². The molecule has 3 N–H and O–H groups in total. The highest BCUT2D eigenvalue weighted by molar-refractivity contribution is 6.04. The molecule has 4 rings (SSSR count). The molecule has 12 nitrogen and oxygen atoms in total. The van der Waals surface area contributed by atoms with E-state index in [0.717, 1.165) is 45.2 Å². The summed E-state index contributed by atoms with van der Waals surface area (Å²) >= 11 is 0. The Kier molecular flexibility index (Phi) is 10.7. The van der Waals surface area contributed by atoms with Gasteiger partial charge in [0.15, 0.2) is 0 Å². The fourth-order valence-electron chi connectivity index (χ4n) is 5.23. The number of hydrogen-bond donors (Lipinski definition) is 3. The fourth-order valence-corrected chi connectivity index (χ4v) is 5.23. The average Bonchev–Trinajstić information content (AvgIpc) is 3.31. The molecule has 3 aliphatic heterocycles. The summed E-state index contributed by atoms with van der Waals surface area (Å²) in [5, 5.41) is 15.7. The van der Waals surface area contributed by atoms with Crippen LogP contribution in [0.4, 0.5) is 15.3 Å². The van der Waals surface area contributed by atoms with Gasteiger partial charge in [0.1, 0.15) is 11.9 Å². The van der Waals surface area contributed by atoms with Gasteiger partial charge in [0.2, 0.25) is 0 Å². The Morgan fingerprint density at radius 3 is 2.75 bits per heavy atom. The lowest BCUT2D eigenvalue weighted by atomic mass is 10.1. The molecule has 0 bridgehead atoms. The van der Waals surface area contributed by atoms with Crippen LogP contribution in [0.1, 0.15) is 57.9 Å². The molecular weight excluding hydrogens is 516 g/mol. The number of piperidine rings is 1. The lowest BCUT2D eigenvalue weighted by molar-refractivity contribution is -0.145. The van der Waals surface area contributed by atoms with Crippen LogP contribution in [0.25, 0.3) is 0 Å². The monoisotopic (exact) mass is 558 g/mol. The van der Waals surface area contributed by atoms with E-state index >= 15 is 0 Å². The molecule has 3 fully saturated rings. The highest BCUT2D eigenvalue weighted by Gasteiger charge is 2.36. The number of esters is 1. The standard InChI is InChI=1S/C28H42N6O6/c1-3-4-15-38-25(35)16-23-17-30-12-14-32(23)18-24-19-33(28(37)39-24)22-10-8-21(9-11-22)26(29)31-27(36)40-34-13-6-5-7-20(34)2/h8-11,20,23-24,30H,3-7,12-19H2,1-2H3,(H2,29,31,36). The van der Waals surface area contributed by atoms with Gasteiger partial charge in [0.05, 0.1) is 19.6 Å². The smallest absolute Gasteiger partial charge is 0.431 e. The minimum absolute atomic E-state index is 0.0155. The first kappa shape index (κ1) is 29.8. The molecule has 3 atom stereocenters. The van der Waals surface area contributed by atoms with Crippen LogP contribution < -0.4 is 15.5 Å². The van der Waals surface area contributed by atoms with Gasteiger partial charge in [-0.1, -0.05) is 19.8 Å². The second-order valence-electron chi connectivity index (χ2n) is 10.7. The Morgan fingerprint density at radius 1 is 1.20 bits per heavy atom. The van der Waals surface area contributed by atoms with Gasteiger partial charge < -0.3 is 19.6 Å². The Labute approximate surface area is 235 Å². The molecule has 2 amide bonds. The quantitative estimate of drug-likeness (QED) is 0.171. The molecule has 3 heterocycles. The first-order valence-electron chi connectivity index (χ1n) is 14.4. The Morgan fingerprint density at radius 2 is 2.00 bits per heavy atom. The normalized spacial score (nSPS) is 23.9. The number of hydrogen-bond acceptors (Lipinski definition) is 10. The van der Waals surface area contributed by atoms with Gasteiger partial charge in [-0.3, -0.25) is 25.3 Å². The number of anilines is 1. The largest absolute Gasteiger partial charge is 0.466 e. The van der Waals surface area contributed by atoms with Gasteiger partial charge in [0.25, 0.3) is 0 Å². The van der Waals surface area contributed by atoms with Crippen LogP contribution in [0, 0.1) is 5.41 Å². The number of carbonyl (C=O) groups is 3. The Balaban J connectivity index is 1.27. The topological polar surface area (TPSA) is 137 Å². The molecule has 0 aromatic heterocycles. The Bertz CT molecular complexity index is 1040. The molecule has 220 valence electrons. The van der Waals surface area contributed by atoms with Crippen molar-refractivity contribution < 1.29 is 28.7 Å². The number of nitrogens with zero attached hydrogens (tertiary/aromatic N) is 3. The second-order valence-corrected chi connectivity index (χ2v) is 10.7. The fraction of sp³-hybridized carbons (Fsp3) is 0.643. The molecule has 0 aliphatic carbocycles. The van der Waals surface area contributed by atoms with Crippen molar-refractivity contribution in [2.75, 3.05) is 50.8 Å². The molecule has 0 saturated carbocycles. The summed E-state index contributed by atoms with van der Waals surface area (Å²) in [7, 11) is 0. The van der Waals surface area contributed by atoms with Crippen molar-refractivity contribution >= 4 is 29.7 Å². The van der Waals surface area contributed by atoms with E-state index in [1.807, 2.05) is 6.92 Å². The number of hydroxylamine groups is 2. The van der Waals surface area contributed by atoms with Gasteiger partial charge in [-0.05, 0) is 50.5 Å². The van der Waals surface area contributed by atoms with Crippen molar-refractivity contribution in [1.82, 2.24) is 20.6 Å². The Hall–Kier alpha value is -3.22. The van der Waals surface area contributed by atoms with Crippen LogP contribution in [-0.4, -0.2) is 98.0 Å². The minimum Gasteiger partial charge on any atom is -0.466 e. The number of carbonyl (C=O) groups excluding carboxylic acids is 3. The van der Waals surface area contributed by atoms with Crippen molar-refractivity contribution in [3.05, 3.63) is 29.8 Å². The molecule has 40 heavy (non-hydrogen) atoms. The molecule has 0 spiro atoms.